The van der Waals surface area contributed by atoms with E-state index in [0.717, 1.165) is 0 Å². The topological polar surface area (TPSA) is 64.6 Å². The summed E-state index contributed by atoms with van der Waals surface area (Å²) in [5.41, 5.74) is 0.561. The molecule has 27 heavy (non-hydrogen) atoms. The van der Waals surface area contributed by atoms with Crippen LogP contribution in [0.2, 0.25) is 39.3 Å². The van der Waals surface area contributed by atoms with E-state index in [4.69, 9.17) is 8.85 Å². The third-order valence-corrected chi connectivity index (χ3v) is 4.68. The average Bonchev–Trinajstić information content (AvgIpc) is 2.42. The highest BCUT2D eigenvalue weighted by atomic mass is 28.4. The number of rotatable bonds is 7. The van der Waals surface area contributed by atoms with Gasteiger partial charge in [0.2, 0.25) is 16.6 Å². The Morgan fingerprint density at radius 2 is 1.67 bits per heavy atom. The molecule has 0 spiro atoms. The Morgan fingerprint density at radius 3 is 2.15 bits per heavy atom. The number of carbonyl (C=O) groups is 2. The van der Waals surface area contributed by atoms with Gasteiger partial charge in [-0.3, -0.25) is 9.59 Å². The highest BCUT2D eigenvalue weighted by Gasteiger charge is 2.41. The second kappa shape index (κ2) is 8.47. The van der Waals surface area contributed by atoms with Gasteiger partial charge in [0.25, 0.3) is 0 Å². The van der Waals surface area contributed by atoms with Crippen molar-refractivity contribution in [3.05, 3.63) is 29.8 Å². The SMILES string of the molecule is C[Si](C)(C)OC(=O)C(Cc1cccc(O[Si](C)(C)C)c1)NC(=O)C(F)(F)F. The van der Waals surface area contributed by atoms with E-state index in [-0.39, 0.29) is 6.42 Å². The minimum Gasteiger partial charge on any atom is -0.544 e. The van der Waals surface area contributed by atoms with Gasteiger partial charge in [-0.1, -0.05) is 12.1 Å². The first-order valence-corrected chi connectivity index (χ1v) is 15.3. The van der Waals surface area contributed by atoms with Crippen molar-refractivity contribution in [2.24, 2.45) is 0 Å². The lowest BCUT2D eigenvalue weighted by Gasteiger charge is -2.24. The van der Waals surface area contributed by atoms with Crippen molar-refractivity contribution in [3.63, 3.8) is 0 Å². The van der Waals surface area contributed by atoms with Crippen LogP contribution in [0.1, 0.15) is 5.56 Å². The average molecular weight is 422 g/mol. The van der Waals surface area contributed by atoms with E-state index in [1.807, 2.05) is 19.6 Å². The lowest BCUT2D eigenvalue weighted by Crippen LogP contribution is -2.50. The lowest BCUT2D eigenvalue weighted by atomic mass is 10.1. The fourth-order valence-electron chi connectivity index (χ4n) is 2.13. The summed E-state index contributed by atoms with van der Waals surface area (Å²) in [5.74, 6) is -2.47. The number of nitrogens with one attached hydrogen (secondary N) is 1. The number of alkyl halides is 3. The van der Waals surface area contributed by atoms with Gasteiger partial charge < -0.3 is 14.2 Å². The van der Waals surface area contributed by atoms with E-state index in [0.29, 0.717) is 11.3 Å². The molecule has 1 unspecified atom stereocenters. The van der Waals surface area contributed by atoms with E-state index >= 15 is 0 Å². The van der Waals surface area contributed by atoms with E-state index in [1.165, 1.54) is 0 Å². The summed E-state index contributed by atoms with van der Waals surface area (Å²) >= 11 is 0. The molecule has 1 N–H and O–H groups in total. The van der Waals surface area contributed by atoms with Crippen molar-refractivity contribution < 1.29 is 31.6 Å². The minimum atomic E-state index is -5.08. The number of amides is 1. The molecule has 0 heterocycles. The van der Waals surface area contributed by atoms with Gasteiger partial charge in [0.15, 0.2) is 0 Å². The zero-order valence-electron chi connectivity index (χ0n) is 16.4. The molecular weight excluding hydrogens is 395 g/mol. The summed E-state index contributed by atoms with van der Waals surface area (Å²) in [6.45, 7) is 11.2. The minimum absolute atomic E-state index is 0.131. The van der Waals surface area contributed by atoms with Gasteiger partial charge in [-0.15, -0.1) is 0 Å². The summed E-state index contributed by atoms with van der Waals surface area (Å²) in [4.78, 5) is 23.7. The smallest absolute Gasteiger partial charge is 0.471 e. The molecule has 1 aromatic carbocycles. The number of halogens is 3. The zero-order chi connectivity index (χ0) is 21.0. The van der Waals surface area contributed by atoms with E-state index < -0.39 is 40.7 Å². The molecule has 1 atom stereocenters. The van der Waals surface area contributed by atoms with E-state index in [1.54, 1.807) is 49.2 Å². The molecule has 0 radical (unpaired) electrons. The van der Waals surface area contributed by atoms with Gasteiger partial charge in [-0.05, 0) is 57.0 Å². The maximum atomic E-state index is 12.6. The third kappa shape index (κ3) is 9.09. The molecule has 1 aromatic rings. The standard InChI is InChI=1S/C17H26F3NO4Si2/c1-26(2,3)24-13-9-7-8-12(10-13)11-14(15(22)25-27(4,5)6)21-16(23)17(18,19)20/h7-10,14H,11H2,1-6H3,(H,21,23). The summed E-state index contributed by atoms with van der Waals surface area (Å²) in [6.07, 6.45) is -5.21. The molecule has 0 bridgehead atoms. The molecule has 0 fully saturated rings. The summed E-state index contributed by atoms with van der Waals surface area (Å²) in [5, 5.41) is 1.75. The van der Waals surface area contributed by atoms with Crippen LogP contribution in [-0.2, 0) is 20.4 Å². The lowest BCUT2D eigenvalue weighted by molar-refractivity contribution is -0.175. The van der Waals surface area contributed by atoms with Gasteiger partial charge in [-0.2, -0.15) is 13.2 Å². The summed E-state index contributed by atoms with van der Waals surface area (Å²) < 4.78 is 49.0. The molecule has 152 valence electrons. The molecule has 0 aliphatic heterocycles. The van der Waals surface area contributed by atoms with Crippen molar-refractivity contribution in [2.75, 3.05) is 0 Å². The van der Waals surface area contributed by atoms with Gasteiger partial charge in [-0.25, -0.2) is 0 Å². The molecule has 0 saturated heterocycles. The summed E-state index contributed by atoms with van der Waals surface area (Å²) in [6, 6.07) is 5.31. The van der Waals surface area contributed by atoms with E-state index in [2.05, 4.69) is 0 Å². The second-order valence-electron chi connectivity index (χ2n) is 8.12. The Labute approximate surface area is 159 Å². The maximum Gasteiger partial charge on any atom is 0.471 e. The first-order valence-electron chi connectivity index (χ1n) is 8.45. The normalized spacial score (nSPS) is 13.7. The molecule has 1 amide bonds. The van der Waals surface area contributed by atoms with Crippen LogP contribution in [0.15, 0.2) is 24.3 Å². The van der Waals surface area contributed by atoms with Crippen LogP contribution in [0.4, 0.5) is 13.2 Å². The zero-order valence-corrected chi connectivity index (χ0v) is 18.4. The van der Waals surface area contributed by atoms with Crippen LogP contribution < -0.4 is 9.74 Å². The Kier molecular flexibility index (Phi) is 7.28. The van der Waals surface area contributed by atoms with Crippen molar-refractivity contribution in [3.8, 4) is 5.75 Å². The monoisotopic (exact) mass is 421 g/mol. The van der Waals surface area contributed by atoms with Crippen LogP contribution in [0.25, 0.3) is 0 Å². The third-order valence-electron chi connectivity index (χ3n) is 3.02. The Hall–Kier alpha value is -1.82. The van der Waals surface area contributed by atoms with E-state index in [9.17, 15) is 22.8 Å². The molecule has 0 aliphatic rings. The van der Waals surface area contributed by atoms with Crippen LogP contribution in [0.3, 0.4) is 0 Å². The Balaban J connectivity index is 3.04. The highest BCUT2D eigenvalue weighted by molar-refractivity contribution is 6.71. The Bertz CT molecular complexity index is 682. The molecule has 0 aliphatic carbocycles. The summed E-state index contributed by atoms with van der Waals surface area (Å²) in [7, 11) is -4.21. The van der Waals surface area contributed by atoms with Crippen LogP contribution >= 0.6 is 0 Å². The quantitative estimate of drug-likeness (QED) is 0.679. The number of hydrogen-bond donors (Lipinski definition) is 1. The van der Waals surface area contributed by atoms with Crippen molar-refractivity contribution >= 4 is 28.5 Å². The number of benzene rings is 1. The van der Waals surface area contributed by atoms with Crippen LogP contribution in [-0.4, -0.2) is 40.7 Å². The largest absolute Gasteiger partial charge is 0.544 e. The first kappa shape index (κ1) is 23.2. The van der Waals surface area contributed by atoms with Crippen molar-refractivity contribution in [1.82, 2.24) is 5.32 Å². The predicted octanol–water partition coefficient (Wildman–Crippen LogP) is 3.87. The van der Waals surface area contributed by atoms with Gasteiger partial charge in [0.1, 0.15) is 11.8 Å². The Morgan fingerprint density at radius 1 is 1.07 bits per heavy atom. The van der Waals surface area contributed by atoms with Crippen LogP contribution in [0, 0.1) is 0 Å². The fraction of sp³-hybridized carbons (Fsp3) is 0.529. The predicted molar refractivity (Wildman–Crippen MR) is 102 cm³/mol. The van der Waals surface area contributed by atoms with Gasteiger partial charge in [0.05, 0.1) is 0 Å². The highest BCUT2D eigenvalue weighted by Crippen LogP contribution is 2.20. The first-order chi connectivity index (χ1) is 12.1. The molecule has 5 nitrogen and oxygen atoms in total. The van der Waals surface area contributed by atoms with Crippen molar-refractivity contribution in [1.29, 1.82) is 0 Å². The molecule has 0 saturated carbocycles. The van der Waals surface area contributed by atoms with Crippen molar-refractivity contribution in [2.45, 2.75) is 57.9 Å². The van der Waals surface area contributed by atoms with Gasteiger partial charge >= 0.3 is 18.1 Å². The fourth-order valence-corrected chi connectivity index (χ4v) is 3.71. The maximum absolute atomic E-state index is 12.6. The molecule has 1 rings (SSSR count). The molecular formula is C17H26F3NO4Si2. The molecule has 0 aromatic heterocycles. The molecule has 10 heteroatoms. The second-order valence-corrected chi connectivity index (χ2v) is 17.0. The van der Waals surface area contributed by atoms with Crippen LogP contribution in [0.5, 0.6) is 5.75 Å². The van der Waals surface area contributed by atoms with Gasteiger partial charge in [0, 0.05) is 6.42 Å². The number of hydrogen-bond acceptors (Lipinski definition) is 4. The number of carbonyl (C=O) groups excluding carboxylic acids is 2.